The summed E-state index contributed by atoms with van der Waals surface area (Å²) < 4.78 is 5.08. The van der Waals surface area contributed by atoms with Crippen molar-refractivity contribution in [3.05, 3.63) is 11.5 Å². The molecule has 1 rings (SSSR count). The summed E-state index contributed by atoms with van der Waals surface area (Å²) in [7, 11) is 0.680. The Hall–Kier alpha value is -0.363. The standard InChI is InChI=1S/C6H12O4Si/c7-2-4-6(9)3(8)1-5(11)10-4/h1,3-4,6-9H,2H2,11H3/t3-,4-,6+/m1/s1. The van der Waals surface area contributed by atoms with Gasteiger partial charge in [0.05, 0.1) is 22.2 Å². The molecule has 0 bridgehead atoms. The van der Waals surface area contributed by atoms with Crippen LogP contribution in [-0.2, 0) is 4.74 Å². The molecule has 0 amide bonds. The largest absolute Gasteiger partial charge is 0.496 e. The van der Waals surface area contributed by atoms with Gasteiger partial charge in [-0.05, 0) is 6.08 Å². The number of hydrogen-bond acceptors (Lipinski definition) is 4. The molecule has 4 nitrogen and oxygen atoms in total. The molecule has 1 aliphatic rings. The van der Waals surface area contributed by atoms with Gasteiger partial charge in [-0.15, -0.1) is 0 Å². The zero-order valence-electron chi connectivity index (χ0n) is 6.27. The Bertz CT molecular complexity index is 170. The van der Waals surface area contributed by atoms with Crippen LogP contribution >= 0.6 is 0 Å². The molecule has 64 valence electrons. The molecule has 1 heterocycles. The number of aliphatic hydroxyl groups is 3. The van der Waals surface area contributed by atoms with E-state index in [1.807, 2.05) is 0 Å². The highest BCUT2D eigenvalue weighted by Gasteiger charge is 2.29. The van der Waals surface area contributed by atoms with Gasteiger partial charge >= 0.3 is 0 Å². The van der Waals surface area contributed by atoms with Crippen molar-refractivity contribution in [1.29, 1.82) is 0 Å². The minimum absolute atomic E-state index is 0.266. The number of aliphatic hydroxyl groups excluding tert-OH is 3. The average molecular weight is 176 g/mol. The number of hydrogen-bond donors (Lipinski definition) is 3. The lowest BCUT2D eigenvalue weighted by Crippen LogP contribution is -2.43. The summed E-state index contributed by atoms with van der Waals surface area (Å²) in [5.74, 6) is 0. The van der Waals surface area contributed by atoms with Gasteiger partial charge in [-0.3, -0.25) is 0 Å². The van der Waals surface area contributed by atoms with Crippen molar-refractivity contribution in [2.45, 2.75) is 18.3 Å². The van der Waals surface area contributed by atoms with Crippen molar-refractivity contribution in [1.82, 2.24) is 0 Å². The van der Waals surface area contributed by atoms with Gasteiger partial charge in [0.2, 0.25) is 0 Å². The third-order valence-electron chi connectivity index (χ3n) is 1.65. The molecule has 0 unspecified atom stereocenters. The highest BCUT2D eigenvalue weighted by molar-refractivity contribution is 6.20. The molecular formula is C6H12O4Si. The molecule has 5 heteroatoms. The van der Waals surface area contributed by atoms with Gasteiger partial charge in [0.15, 0.2) is 0 Å². The monoisotopic (exact) mass is 176 g/mol. The van der Waals surface area contributed by atoms with E-state index in [-0.39, 0.29) is 6.61 Å². The molecule has 0 aromatic carbocycles. The molecule has 3 N–H and O–H groups in total. The van der Waals surface area contributed by atoms with E-state index in [1.54, 1.807) is 0 Å². The molecule has 0 saturated heterocycles. The van der Waals surface area contributed by atoms with Crippen LogP contribution in [0.25, 0.3) is 0 Å². The van der Waals surface area contributed by atoms with Crippen LogP contribution in [0.1, 0.15) is 0 Å². The maximum Gasteiger partial charge on any atom is 0.149 e. The molecule has 0 aromatic heterocycles. The number of rotatable bonds is 1. The average Bonchev–Trinajstić information content (AvgIpc) is 1.96. The van der Waals surface area contributed by atoms with Gasteiger partial charge in [-0.1, -0.05) is 0 Å². The summed E-state index contributed by atoms with van der Waals surface area (Å²) >= 11 is 0. The van der Waals surface area contributed by atoms with Gasteiger partial charge in [0, 0.05) is 0 Å². The molecule has 0 aromatic rings. The van der Waals surface area contributed by atoms with Gasteiger partial charge in [0.1, 0.15) is 18.3 Å². The Morgan fingerprint density at radius 1 is 1.55 bits per heavy atom. The fourth-order valence-corrected chi connectivity index (χ4v) is 1.70. The first-order chi connectivity index (χ1) is 5.15. The quantitative estimate of drug-likeness (QED) is 0.380. The van der Waals surface area contributed by atoms with Crippen molar-refractivity contribution in [2.75, 3.05) is 6.61 Å². The smallest absolute Gasteiger partial charge is 0.149 e. The first-order valence-corrected chi connectivity index (χ1v) is 4.47. The first kappa shape index (κ1) is 8.73. The van der Waals surface area contributed by atoms with Gasteiger partial charge in [0.25, 0.3) is 0 Å². The SMILES string of the molecule is OC[C@H]1OC([SiH3])=C[C@@H](O)[C@@H]1O. The van der Waals surface area contributed by atoms with Gasteiger partial charge in [-0.2, -0.15) is 0 Å². The van der Waals surface area contributed by atoms with Crippen LogP contribution in [0.15, 0.2) is 11.5 Å². The predicted molar refractivity (Wildman–Crippen MR) is 42.0 cm³/mol. The van der Waals surface area contributed by atoms with Crippen LogP contribution < -0.4 is 0 Å². The lowest BCUT2D eigenvalue weighted by Gasteiger charge is -2.29. The lowest BCUT2D eigenvalue weighted by molar-refractivity contribution is -0.0847. The van der Waals surface area contributed by atoms with E-state index in [2.05, 4.69) is 0 Å². The molecule has 0 fully saturated rings. The minimum Gasteiger partial charge on any atom is -0.496 e. The van der Waals surface area contributed by atoms with Crippen molar-refractivity contribution in [3.8, 4) is 0 Å². The van der Waals surface area contributed by atoms with Crippen LogP contribution in [0.3, 0.4) is 0 Å². The van der Waals surface area contributed by atoms with E-state index >= 15 is 0 Å². The summed E-state index contributed by atoms with van der Waals surface area (Å²) in [6.45, 7) is -0.266. The predicted octanol–water partition coefficient (Wildman–Crippen LogP) is -2.69. The van der Waals surface area contributed by atoms with Crippen LogP contribution in [-0.4, -0.2) is 50.5 Å². The third-order valence-corrected chi connectivity index (χ3v) is 2.22. The van der Waals surface area contributed by atoms with Crippen LogP contribution in [0.4, 0.5) is 0 Å². The van der Waals surface area contributed by atoms with E-state index in [0.29, 0.717) is 15.6 Å². The maximum absolute atomic E-state index is 9.19. The van der Waals surface area contributed by atoms with Crippen LogP contribution in [0.2, 0.25) is 0 Å². The second-order valence-corrected chi connectivity index (χ2v) is 3.58. The second-order valence-electron chi connectivity index (χ2n) is 2.60. The Kier molecular flexibility index (Phi) is 2.66. The molecule has 11 heavy (non-hydrogen) atoms. The maximum atomic E-state index is 9.19. The van der Waals surface area contributed by atoms with Crippen LogP contribution in [0.5, 0.6) is 0 Å². The second kappa shape index (κ2) is 3.36. The molecule has 0 saturated carbocycles. The van der Waals surface area contributed by atoms with E-state index in [9.17, 15) is 5.11 Å². The van der Waals surface area contributed by atoms with E-state index in [1.165, 1.54) is 6.08 Å². The lowest BCUT2D eigenvalue weighted by atomic mass is 10.1. The summed E-state index contributed by atoms with van der Waals surface area (Å²) in [6, 6.07) is 0. The normalized spacial score (nSPS) is 38.1. The molecule has 0 aliphatic carbocycles. The molecule has 0 spiro atoms. The summed E-state index contributed by atoms with van der Waals surface area (Å²) in [6.07, 6.45) is -1.09. The molecular weight excluding hydrogens is 164 g/mol. The van der Waals surface area contributed by atoms with Crippen LogP contribution in [0, 0.1) is 0 Å². The fourth-order valence-electron chi connectivity index (χ4n) is 1.05. The summed E-state index contributed by atoms with van der Waals surface area (Å²) in [4.78, 5) is 0. The molecule has 0 radical (unpaired) electrons. The Balaban J connectivity index is 2.67. The van der Waals surface area contributed by atoms with Crippen molar-refractivity contribution >= 4 is 10.2 Å². The Morgan fingerprint density at radius 3 is 2.73 bits per heavy atom. The number of ether oxygens (including phenoxy) is 1. The molecule has 3 atom stereocenters. The van der Waals surface area contributed by atoms with E-state index in [4.69, 9.17) is 14.9 Å². The van der Waals surface area contributed by atoms with Gasteiger partial charge < -0.3 is 20.1 Å². The van der Waals surface area contributed by atoms with E-state index in [0.717, 1.165) is 0 Å². The minimum atomic E-state index is -1.00. The highest BCUT2D eigenvalue weighted by Crippen LogP contribution is 2.15. The Morgan fingerprint density at radius 2 is 2.18 bits per heavy atom. The van der Waals surface area contributed by atoms with Crippen molar-refractivity contribution in [2.24, 2.45) is 0 Å². The first-order valence-electron chi connectivity index (χ1n) is 3.47. The third kappa shape index (κ3) is 1.81. The zero-order chi connectivity index (χ0) is 8.43. The molecule has 1 aliphatic heterocycles. The zero-order valence-corrected chi connectivity index (χ0v) is 8.27. The van der Waals surface area contributed by atoms with Crippen molar-refractivity contribution < 1.29 is 20.1 Å². The summed E-state index contributed by atoms with van der Waals surface area (Å²) in [5, 5.41) is 27.7. The highest BCUT2D eigenvalue weighted by atomic mass is 28.1. The fraction of sp³-hybridized carbons (Fsp3) is 0.667. The summed E-state index contributed by atoms with van der Waals surface area (Å²) in [5.41, 5.74) is 0. The topological polar surface area (TPSA) is 69.9 Å². The van der Waals surface area contributed by atoms with Gasteiger partial charge in [-0.25, -0.2) is 0 Å². The Labute approximate surface area is 67.5 Å². The van der Waals surface area contributed by atoms with E-state index < -0.39 is 18.3 Å². The van der Waals surface area contributed by atoms with Crippen molar-refractivity contribution in [3.63, 3.8) is 0 Å².